The maximum atomic E-state index is 9.49. The van der Waals surface area contributed by atoms with Crippen molar-refractivity contribution in [3.8, 4) is 0 Å². The van der Waals surface area contributed by atoms with Crippen LogP contribution in [0.2, 0.25) is 0 Å². The molecule has 4 unspecified atom stereocenters. The van der Waals surface area contributed by atoms with Gasteiger partial charge in [-0.1, -0.05) is 5.11 Å². The average Bonchev–Trinajstić information content (AvgIpc) is 2.14. The van der Waals surface area contributed by atoms with E-state index in [0.29, 0.717) is 0 Å². The van der Waals surface area contributed by atoms with Crippen molar-refractivity contribution < 1.29 is 14.9 Å². The van der Waals surface area contributed by atoms with E-state index in [9.17, 15) is 5.11 Å². The molecule has 74 valence electrons. The van der Waals surface area contributed by atoms with Crippen LogP contribution in [0.3, 0.4) is 0 Å². The van der Waals surface area contributed by atoms with E-state index in [4.69, 9.17) is 21.1 Å². The monoisotopic (exact) mass is 188 g/mol. The van der Waals surface area contributed by atoms with Crippen molar-refractivity contribution in [2.24, 2.45) is 10.8 Å². The zero-order chi connectivity index (χ0) is 9.84. The van der Waals surface area contributed by atoms with Crippen molar-refractivity contribution in [2.45, 2.75) is 24.3 Å². The first-order valence-electron chi connectivity index (χ1n) is 3.91. The van der Waals surface area contributed by atoms with Gasteiger partial charge in [0.25, 0.3) is 0 Å². The first kappa shape index (κ1) is 10.2. The molecule has 7 nitrogen and oxygen atoms in total. The van der Waals surface area contributed by atoms with Gasteiger partial charge in [-0.05, 0) is 5.53 Å². The number of aliphatic hydroxyl groups excluding tert-OH is 2. The molecule has 1 aliphatic rings. The predicted molar refractivity (Wildman–Crippen MR) is 43.7 cm³/mol. The minimum absolute atomic E-state index is 0.157. The molecule has 0 amide bonds. The lowest BCUT2D eigenvalue weighted by molar-refractivity contribution is -0.0899. The van der Waals surface area contributed by atoms with Crippen LogP contribution in [-0.4, -0.2) is 47.7 Å². The zero-order valence-corrected chi connectivity index (χ0v) is 6.95. The molecule has 0 aliphatic carbocycles. The Kier molecular flexibility index (Phi) is 3.47. The van der Waals surface area contributed by atoms with Gasteiger partial charge in [0.05, 0.1) is 37.5 Å². The summed E-state index contributed by atoms with van der Waals surface area (Å²) in [6.07, 6.45) is -1.62. The first-order chi connectivity index (χ1) is 6.20. The van der Waals surface area contributed by atoms with E-state index < -0.39 is 24.3 Å². The molecular formula is C6H12N4O3. The van der Waals surface area contributed by atoms with Crippen molar-refractivity contribution >= 4 is 0 Å². The molecule has 1 saturated heterocycles. The van der Waals surface area contributed by atoms with Crippen LogP contribution in [0.25, 0.3) is 10.4 Å². The van der Waals surface area contributed by atoms with Gasteiger partial charge in [0.1, 0.15) is 0 Å². The molecule has 1 rings (SSSR count). The van der Waals surface area contributed by atoms with E-state index in [0.717, 1.165) is 0 Å². The Bertz CT molecular complexity index is 216. The van der Waals surface area contributed by atoms with Crippen molar-refractivity contribution in [1.82, 2.24) is 0 Å². The summed E-state index contributed by atoms with van der Waals surface area (Å²) in [6.45, 7) is -0.142. The van der Waals surface area contributed by atoms with Gasteiger partial charge < -0.3 is 20.7 Å². The number of hydrogen-bond acceptors (Lipinski definition) is 5. The summed E-state index contributed by atoms with van der Waals surface area (Å²) in [5.74, 6) is 0. The molecule has 7 heteroatoms. The summed E-state index contributed by atoms with van der Waals surface area (Å²) in [6, 6.07) is -1.38. The summed E-state index contributed by atoms with van der Waals surface area (Å²) in [7, 11) is 0. The van der Waals surface area contributed by atoms with Crippen LogP contribution in [-0.2, 0) is 4.74 Å². The van der Waals surface area contributed by atoms with Crippen LogP contribution >= 0.6 is 0 Å². The predicted octanol–water partition coefficient (Wildman–Crippen LogP) is -1.26. The third-order valence-electron chi connectivity index (χ3n) is 2.04. The first-order valence-corrected chi connectivity index (χ1v) is 3.91. The fraction of sp³-hybridized carbons (Fsp3) is 1.00. The van der Waals surface area contributed by atoms with Crippen LogP contribution in [0.1, 0.15) is 0 Å². The van der Waals surface area contributed by atoms with Gasteiger partial charge in [-0.15, -0.1) is 0 Å². The molecular weight excluding hydrogens is 176 g/mol. The molecule has 1 aliphatic heterocycles. The fourth-order valence-electron chi connectivity index (χ4n) is 1.27. The number of nitrogens with zero attached hydrogens (tertiary/aromatic N) is 3. The van der Waals surface area contributed by atoms with Crippen molar-refractivity contribution in [2.75, 3.05) is 13.2 Å². The van der Waals surface area contributed by atoms with Crippen molar-refractivity contribution in [3.63, 3.8) is 0 Å². The average molecular weight is 188 g/mol. The highest BCUT2D eigenvalue weighted by atomic mass is 16.5. The summed E-state index contributed by atoms with van der Waals surface area (Å²) in [5, 5.41) is 21.7. The lowest BCUT2D eigenvalue weighted by Crippen LogP contribution is -2.56. The number of hydrogen-bond donors (Lipinski definition) is 3. The van der Waals surface area contributed by atoms with Gasteiger partial charge in [0.15, 0.2) is 0 Å². The smallest absolute Gasteiger partial charge is 0.0933 e. The zero-order valence-electron chi connectivity index (χ0n) is 6.95. The molecule has 0 radical (unpaired) electrons. The van der Waals surface area contributed by atoms with E-state index >= 15 is 0 Å². The van der Waals surface area contributed by atoms with Gasteiger partial charge in [0, 0.05) is 4.91 Å². The highest BCUT2D eigenvalue weighted by Gasteiger charge is 2.36. The summed E-state index contributed by atoms with van der Waals surface area (Å²) in [4.78, 5) is 2.56. The Labute approximate surface area is 74.7 Å². The van der Waals surface area contributed by atoms with Crippen molar-refractivity contribution in [3.05, 3.63) is 10.4 Å². The number of ether oxygens (including phenoxy) is 1. The van der Waals surface area contributed by atoms with Gasteiger partial charge >= 0.3 is 0 Å². The van der Waals surface area contributed by atoms with E-state index in [1.807, 2.05) is 0 Å². The van der Waals surface area contributed by atoms with Crippen molar-refractivity contribution in [1.29, 1.82) is 0 Å². The summed E-state index contributed by atoms with van der Waals surface area (Å²) < 4.78 is 5.08. The molecule has 0 aromatic carbocycles. The van der Waals surface area contributed by atoms with E-state index in [-0.39, 0.29) is 13.2 Å². The summed E-state index contributed by atoms with van der Waals surface area (Å²) in [5.41, 5.74) is 13.7. The quantitative estimate of drug-likeness (QED) is 0.284. The Morgan fingerprint density at radius 1 is 1.69 bits per heavy atom. The van der Waals surface area contributed by atoms with E-state index in [1.54, 1.807) is 0 Å². The second-order valence-electron chi connectivity index (χ2n) is 2.90. The largest absolute Gasteiger partial charge is 0.394 e. The van der Waals surface area contributed by atoms with Gasteiger partial charge in [-0.3, -0.25) is 0 Å². The van der Waals surface area contributed by atoms with Crippen LogP contribution in [0.5, 0.6) is 0 Å². The number of azide groups is 1. The second kappa shape index (κ2) is 4.40. The molecule has 0 aromatic rings. The Morgan fingerprint density at radius 3 is 2.92 bits per heavy atom. The van der Waals surface area contributed by atoms with Crippen LogP contribution in [0.4, 0.5) is 0 Å². The van der Waals surface area contributed by atoms with Gasteiger partial charge in [-0.25, -0.2) is 0 Å². The van der Waals surface area contributed by atoms with E-state index in [2.05, 4.69) is 10.0 Å². The maximum Gasteiger partial charge on any atom is 0.0933 e. The van der Waals surface area contributed by atoms with Gasteiger partial charge in [-0.2, -0.15) is 0 Å². The molecule has 0 spiro atoms. The number of nitrogens with two attached hydrogens (primary N) is 1. The molecule has 1 fully saturated rings. The second-order valence-corrected chi connectivity index (χ2v) is 2.90. The molecule has 1 heterocycles. The third kappa shape index (κ3) is 2.09. The highest BCUT2D eigenvalue weighted by Crippen LogP contribution is 2.17. The minimum Gasteiger partial charge on any atom is -0.394 e. The Morgan fingerprint density at radius 2 is 2.38 bits per heavy atom. The molecule has 0 aromatic heterocycles. The summed E-state index contributed by atoms with van der Waals surface area (Å²) >= 11 is 0. The molecule has 0 bridgehead atoms. The fourth-order valence-corrected chi connectivity index (χ4v) is 1.27. The minimum atomic E-state index is -0.957. The number of aliphatic hydroxyl groups is 2. The van der Waals surface area contributed by atoms with E-state index in [1.165, 1.54) is 0 Å². The van der Waals surface area contributed by atoms with Gasteiger partial charge in [0.2, 0.25) is 0 Å². The normalized spacial score (nSPS) is 39.6. The Hall–Kier alpha value is -0.850. The molecule has 13 heavy (non-hydrogen) atoms. The molecule has 4 N–H and O–H groups in total. The lowest BCUT2D eigenvalue weighted by Gasteiger charge is -2.35. The lowest BCUT2D eigenvalue weighted by atomic mass is 9.97. The third-order valence-corrected chi connectivity index (χ3v) is 2.04. The topological polar surface area (TPSA) is 124 Å². The van der Waals surface area contributed by atoms with Crippen LogP contribution in [0, 0.1) is 0 Å². The SMILES string of the molecule is [N-]=[N+]=NC1C(CO)OCC(N)C1O. The van der Waals surface area contributed by atoms with Crippen LogP contribution in [0.15, 0.2) is 5.11 Å². The molecule has 4 atom stereocenters. The van der Waals surface area contributed by atoms with Crippen LogP contribution < -0.4 is 5.73 Å². The standard InChI is InChI=1S/C6H12N4O3/c7-3-2-13-4(1-11)5(6(3)12)9-10-8/h3-6,11-12H,1-2,7H2. The Balaban J connectivity index is 2.74. The molecule has 0 saturated carbocycles. The maximum absolute atomic E-state index is 9.49. The highest BCUT2D eigenvalue weighted by molar-refractivity contribution is 4.93. The number of rotatable bonds is 2.